The predicted molar refractivity (Wildman–Crippen MR) is 80.9 cm³/mol. The smallest absolute Gasteiger partial charge is 0.0465 e. The lowest BCUT2D eigenvalue weighted by atomic mass is 10.1. The average Bonchev–Trinajstić information content (AvgIpc) is 3.18. The first-order chi connectivity index (χ1) is 9.24. The summed E-state index contributed by atoms with van der Waals surface area (Å²) in [5.41, 5.74) is 2.52. The molecule has 1 saturated carbocycles. The van der Waals surface area contributed by atoms with Gasteiger partial charge in [-0.3, -0.25) is 0 Å². The minimum atomic E-state index is 0.564. The van der Waals surface area contributed by atoms with Gasteiger partial charge in [-0.25, -0.2) is 0 Å². The molecule has 0 spiro atoms. The van der Waals surface area contributed by atoms with Crippen LogP contribution in [-0.2, 0) is 6.54 Å². The molecule has 3 heteroatoms. The van der Waals surface area contributed by atoms with Gasteiger partial charge in [-0.1, -0.05) is 59.6 Å². The van der Waals surface area contributed by atoms with Crippen molar-refractivity contribution in [3.63, 3.8) is 0 Å². The zero-order chi connectivity index (χ0) is 13.2. The molecule has 2 aromatic rings. The molecule has 2 atom stereocenters. The molecule has 1 aliphatic rings. The van der Waals surface area contributed by atoms with Crippen LogP contribution in [0, 0.1) is 0 Å². The molecule has 1 nitrogen and oxygen atoms in total. The summed E-state index contributed by atoms with van der Waals surface area (Å²) in [6.07, 6.45) is 1.20. The van der Waals surface area contributed by atoms with Crippen LogP contribution in [-0.4, -0.2) is 6.04 Å². The van der Waals surface area contributed by atoms with Crippen molar-refractivity contribution in [2.24, 2.45) is 0 Å². The second kappa shape index (κ2) is 5.54. The molecule has 1 aliphatic carbocycles. The maximum absolute atomic E-state index is 6.16. The first kappa shape index (κ1) is 13.0. The van der Waals surface area contributed by atoms with E-state index in [-0.39, 0.29) is 0 Å². The number of benzene rings is 2. The van der Waals surface area contributed by atoms with Gasteiger partial charge in [-0.05, 0) is 29.7 Å². The van der Waals surface area contributed by atoms with Gasteiger partial charge in [0.05, 0.1) is 0 Å². The summed E-state index contributed by atoms with van der Waals surface area (Å²) in [6.45, 7) is 0.796. The number of rotatable bonds is 4. The fourth-order valence-corrected chi connectivity index (χ4v) is 2.87. The molecule has 0 saturated heterocycles. The average molecular weight is 292 g/mol. The van der Waals surface area contributed by atoms with E-state index in [1.165, 1.54) is 12.0 Å². The molecule has 0 heterocycles. The van der Waals surface area contributed by atoms with Crippen molar-refractivity contribution in [2.75, 3.05) is 0 Å². The Labute approximate surface area is 123 Å². The van der Waals surface area contributed by atoms with Crippen LogP contribution in [0.4, 0.5) is 0 Å². The number of nitrogens with one attached hydrogen (secondary N) is 1. The quantitative estimate of drug-likeness (QED) is 0.865. The van der Waals surface area contributed by atoms with Gasteiger partial charge in [0.25, 0.3) is 0 Å². The summed E-state index contributed by atoms with van der Waals surface area (Å²) < 4.78 is 0. The fourth-order valence-electron chi connectivity index (χ4n) is 2.40. The number of halogens is 2. The van der Waals surface area contributed by atoms with E-state index in [0.29, 0.717) is 17.0 Å². The summed E-state index contributed by atoms with van der Waals surface area (Å²) >= 11 is 12.1. The highest BCUT2D eigenvalue weighted by molar-refractivity contribution is 6.35. The summed E-state index contributed by atoms with van der Waals surface area (Å²) in [7, 11) is 0. The lowest BCUT2D eigenvalue weighted by Gasteiger charge is -2.07. The van der Waals surface area contributed by atoms with Crippen LogP contribution in [0.3, 0.4) is 0 Å². The highest BCUT2D eigenvalue weighted by atomic mass is 35.5. The standard InChI is InChI=1S/C16H15Cl2N/c17-13-7-6-12(15(18)8-13)10-19-16-9-14(16)11-4-2-1-3-5-11/h1-8,14,16,19H,9-10H2. The summed E-state index contributed by atoms with van der Waals surface area (Å²) in [4.78, 5) is 0. The van der Waals surface area contributed by atoms with Crippen LogP contribution < -0.4 is 5.32 Å². The van der Waals surface area contributed by atoms with E-state index in [2.05, 4.69) is 35.6 Å². The SMILES string of the molecule is Clc1ccc(CNC2CC2c2ccccc2)c(Cl)c1. The molecule has 0 amide bonds. The van der Waals surface area contributed by atoms with E-state index in [1.807, 2.05) is 12.1 Å². The summed E-state index contributed by atoms with van der Waals surface area (Å²) in [5.74, 6) is 0.646. The van der Waals surface area contributed by atoms with Gasteiger partial charge >= 0.3 is 0 Å². The first-order valence-electron chi connectivity index (χ1n) is 6.46. The van der Waals surface area contributed by atoms with Gasteiger partial charge in [0.2, 0.25) is 0 Å². The van der Waals surface area contributed by atoms with Gasteiger partial charge in [-0.15, -0.1) is 0 Å². The molecule has 0 aliphatic heterocycles. The normalized spacial score (nSPS) is 21.4. The molecule has 19 heavy (non-hydrogen) atoms. The Hall–Kier alpha value is -1.02. The molecule has 1 fully saturated rings. The van der Waals surface area contributed by atoms with Crippen molar-refractivity contribution >= 4 is 23.2 Å². The Balaban J connectivity index is 1.57. The first-order valence-corrected chi connectivity index (χ1v) is 7.22. The van der Waals surface area contributed by atoms with Crippen LogP contribution in [0.5, 0.6) is 0 Å². The van der Waals surface area contributed by atoms with Crippen LogP contribution in [0.2, 0.25) is 10.0 Å². The van der Waals surface area contributed by atoms with Crippen LogP contribution >= 0.6 is 23.2 Å². The van der Waals surface area contributed by atoms with E-state index in [1.54, 1.807) is 6.07 Å². The molecular weight excluding hydrogens is 277 g/mol. The molecule has 3 rings (SSSR count). The van der Waals surface area contributed by atoms with E-state index >= 15 is 0 Å². The zero-order valence-corrected chi connectivity index (χ0v) is 12.0. The second-order valence-corrected chi connectivity index (χ2v) is 5.82. The number of hydrogen-bond donors (Lipinski definition) is 1. The van der Waals surface area contributed by atoms with E-state index < -0.39 is 0 Å². The lowest BCUT2D eigenvalue weighted by Crippen LogP contribution is -2.17. The van der Waals surface area contributed by atoms with Gasteiger partial charge in [-0.2, -0.15) is 0 Å². The van der Waals surface area contributed by atoms with Gasteiger partial charge in [0.15, 0.2) is 0 Å². The minimum Gasteiger partial charge on any atom is -0.309 e. The van der Waals surface area contributed by atoms with Crippen molar-refractivity contribution in [1.29, 1.82) is 0 Å². The van der Waals surface area contributed by atoms with Gasteiger partial charge in [0.1, 0.15) is 0 Å². The van der Waals surface area contributed by atoms with Crippen molar-refractivity contribution in [1.82, 2.24) is 5.32 Å². The molecule has 2 aromatic carbocycles. The van der Waals surface area contributed by atoms with Gasteiger partial charge < -0.3 is 5.32 Å². The fraction of sp³-hybridized carbons (Fsp3) is 0.250. The van der Waals surface area contributed by atoms with Crippen LogP contribution in [0.25, 0.3) is 0 Å². The van der Waals surface area contributed by atoms with Gasteiger partial charge in [0, 0.05) is 28.5 Å². The van der Waals surface area contributed by atoms with Crippen LogP contribution in [0.1, 0.15) is 23.5 Å². The third kappa shape index (κ3) is 3.11. The zero-order valence-electron chi connectivity index (χ0n) is 10.4. The Bertz CT molecular complexity index is 568. The third-order valence-corrected chi connectivity index (χ3v) is 4.17. The summed E-state index contributed by atoms with van der Waals surface area (Å²) in [5, 5.41) is 4.97. The van der Waals surface area contributed by atoms with E-state index in [4.69, 9.17) is 23.2 Å². The third-order valence-electron chi connectivity index (χ3n) is 3.59. The molecule has 98 valence electrons. The molecule has 0 bridgehead atoms. The Kier molecular flexibility index (Phi) is 3.79. The highest BCUT2D eigenvalue weighted by Crippen LogP contribution is 2.40. The Morgan fingerprint density at radius 2 is 1.84 bits per heavy atom. The van der Waals surface area contributed by atoms with Crippen molar-refractivity contribution in [3.8, 4) is 0 Å². The monoisotopic (exact) mass is 291 g/mol. The molecule has 1 N–H and O–H groups in total. The van der Waals surface area contributed by atoms with Crippen molar-refractivity contribution < 1.29 is 0 Å². The highest BCUT2D eigenvalue weighted by Gasteiger charge is 2.37. The molecule has 2 unspecified atom stereocenters. The Morgan fingerprint density at radius 3 is 2.58 bits per heavy atom. The molecule has 0 radical (unpaired) electrons. The Morgan fingerprint density at radius 1 is 1.05 bits per heavy atom. The summed E-state index contributed by atoms with van der Waals surface area (Å²) in [6, 6.07) is 16.9. The predicted octanol–water partition coefficient (Wildman–Crippen LogP) is 4.64. The van der Waals surface area contributed by atoms with Crippen molar-refractivity contribution in [3.05, 3.63) is 69.7 Å². The number of hydrogen-bond acceptors (Lipinski definition) is 1. The minimum absolute atomic E-state index is 0.564. The van der Waals surface area contributed by atoms with Crippen molar-refractivity contribution in [2.45, 2.75) is 24.9 Å². The maximum atomic E-state index is 6.16. The molecular formula is C16H15Cl2N. The molecule has 0 aromatic heterocycles. The topological polar surface area (TPSA) is 12.0 Å². The lowest BCUT2D eigenvalue weighted by molar-refractivity contribution is 0.673. The van der Waals surface area contributed by atoms with E-state index in [0.717, 1.165) is 17.1 Å². The largest absolute Gasteiger partial charge is 0.309 e. The van der Waals surface area contributed by atoms with E-state index in [9.17, 15) is 0 Å². The second-order valence-electron chi connectivity index (χ2n) is 4.98. The van der Waals surface area contributed by atoms with Crippen LogP contribution in [0.15, 0.2) is 48.5 Å². The maximum Gasteiger partial charge on any atom is 0.0465 e.